The number of rotatable bonds is 7. The maximum absolute atomic E-state index is 12.1. The van der Waals surface area contributed by atoms with E-state index in [4.69, 9.17) is 16.3 Å². The Labute approximate surface area is 208 Å². The van der Waals surface area contributed by atoms with Crippen LogP contribution in [0.1, 0.15) is 22.3 Å². The molecule has 0 unspecified atom stereocenters. The van der Waals surface area contributed by atoms with Crippen LogP contribution in [0.15, 0.2) is 65.8 Å². The zero-order chi connectivity index (χ0) is 25.4. The molecule has 0 aliphatic heterocycles. The first-order valence-electron chi connectivity index (χ1n) is 10.7. The summed E-state index contributed by atoms with van der Waals surface area (Å²) in [5, 5.41) is 9.30. The van der Waals surface area contributed by atoms with Crippen molar-refractivity contribution < 1.29 is 19.1 Å². The number of benzene rings is 3. The van der Waals surface area contributed by atoms with Gasteiger partial charge in [0.2, 0.25) is 0 Å². The molecule has 0 saturated carbocycles. The van der Waals surface area contributed by atoms with Gasteiger partial charge in [-0.15, -0.1) is 0 Å². The van der Waals surface area contributed by atoms with E-state index in [0.717, 1.165) is 16.7 Å². The lowest BCUT2D eigenvalue weighted by atomic mass is 10.1. The van der Waals surface area contributed by atoms with Crippen molar-refractivity contribution in [2.75, 3.05) is 17.2 Å². The van der Waals surface area contributed by atoms with E-state index in [9.17, 15) is 14.4 Å². The molecule has 0 fully saturated rings. The number of halogens is 1. The smallest absolute Gasteiger partial charge is 0.329 e. The number of hydrogen-bond acceptors (Lipinski definition) is 5. The van der Waals surface area contributed by atoms with E-state index in [0.29, 0.717) is 22.7 Å². The van der Waals surface area contributed by atoms with E-state index >= 15 is 0 Å². The lowest BCUT2D eigenvalue weighted by molar-refractivity contribution is -0.136. The molecule has 0 aromatic heterocycles. The largest absolute Gasteiger partial charge is 0.482 e. The van der Waals surface area contributed by atoms with Crippen LogP contribution in [0.25, 0.3) is 0 Å². The first kappa shape index (κ1) is 25.5. The molecule has 3 aromatic carbocycles. The molecule has 0 atom stereocenters. The number of hydrazone groups is 1. The second-order valence-electron chi connectivity index (χ2n) is 7.85. The molecule has 35 heavy (non-hydrogen) atoms. The summed E-state index contributed by atoms with van der Waals surface area (Å²) in [5.41, 5.74) is 7.09. The van der Waals surface area contributed by atoms with E-state index in [1.165, 1.54) is 6.21 Å². The summed E-state index contributed by atoms with van der Waals surface area (Å²) < 4.78 is 5.48. The van der Waals surface area contributed by atoms with Gasteiger partial charge in [0.05, 0.1) is 11.2 Å². The Balaban J connectivity index is 1.48. The molecular weight excluding hydrogens is 468 g/mol. The Kier molecular flexibility index (Phi) is 8.58. The molecule has 0 saturated heterocycles. The van der Waals surface area contributed by atoms with Crippen molar-refractivity contribution in [3.63, 3.8) is 0 Å². The quantitative estimate of drug-likeness (QED) is 0.258. The van der Waals surface area contributed by atoms with Crippen molar-refractivity contribution in [2.45, 2.75) is 20.8 Å². The van der Waals surface area contributed by atoms with E-state index in [2.05, 4.69) is 21.2 Å². The van der Waals surface area contributed by atoms with E-state index < -0.39 is 11.8 Å². The van der Waals surface area contributed by atoms with Crippen LogP contribution in [-0.4, -0.2) is 30.5 Å². The van der Waals surface area contributed by atoms with Gasteiger partial charge in [0, 0.05) is 11.4 Å². The second kappa shape index (κ2) is 11.8. The lowest BCUT2D eigenvalue weighted by Crippen LogP contribution is -2.32. The van der Waals surface area contributed by atoms with Gasteiger partial charge in [-0.1, -0.05) is 35.4 Å². The molecular formula is C26H25ClN4O4. The third-order valence-electron chi connectivity index (χ3n) is 5.00. The minimum Gasteiger partial charge on any atom is -0.482 e. The fourth-order valence-corrected chi connectivity index (χ4v) is 3.16. The first-order valence-corrected chi connectivity index (χ1v) is 11.1. The zero-order valence-electron chi connectivity index (χ0n) is 19.5. The van der Waals surface area contributed by atoms with E-state index in [1.807, 2.05) is 39.0 Å². The van der Waals surface area contributed by atoms with Gasteiger partial charge in [0.1, 0.15) is 5.75 Å². The van der Waals surface area contributed by atoms with Crippen LogP contribution in [0.4, 0.5) is 11.4 Å². The van der Waals surface area contributed by atoms with E-state index in [1.54, 1.807) is 42.5 Å². The highest BCUT2D eigenvalue weighted by molar-refractivity contribution is 6.39. The highest BCUT2D eigenvalue weighted by Crippen LogP contribution is 2.25. The Bertz CT molecular complexity index is 1270. The Morgan fingerprint density at radius 2 is 1.57 bits per heavy atom. The predicted molar refractivity (Wildman–Crippen MR) is 137 cm³/mol. The lowest BCUT2D eigenvalue weighted by Gasteiger charge is -2.09. The summed E-state index contributed by atoms with van der Waals surface area (Å²) in [6, 6.07) is 17.5. The summed E-state index contributed by atoms with van der Waals surface area (Å²) in [6.07, 6.45) is 1.33. The monoisotopic (exact) mass is 492 g/mol. The minimum atomic E-state index is -0.912. The van der Waals surface area contributed by atoms with Gasteiger partial charge >= 0.3 is 11.8 Å². The highest BCUT2D eigenvalue weighted by atomic mass is 35.5. The van der Waals surface area contributed by atoms with Crippen LogP contribution in [0.5, 0.6) is 5.75 Å². The van der Waals surface area contributed by atoms with Crippen LogP contribution in [-0.2, 0) is 14.4 Å². The molecule has 0 heterocycles. The highest BCUT2D eigenvalue weighted by Gasteiger charge is 2.13. The standard InChI is InChI=1S/C26H25ClN4O4/c1-16-4-8-20(9-5-16)29-24(32)15-35-23-11-7-19(13-22(23)27)14-28-31-26(34)25(33)30-21-10-6-17(2)18(3)12-21/h4-14H,15H2,1-3H3,(H,29,32)(H,30,33)(H,31,34)/b28-14-. The average Bonchev–Trinajstić information content (AvgIpc) is 2.82. The second-order valence-corrected chi connectivity index (χ2v) is 8.25. The first-order chi connectivity index (χ1) is 16.7. The SMILES string of the molecule is Cc1ccc(NC(=O)COc2ccc(/C=N\NC(=O)C(=O)Nc3ccc(C)c(C)c3)cc2Cl)cc1. The Hall–Kier alpha value is -4.17. The van der Waals surface area contributed by atoms with Gasteiger partial charge in [-0.2, -0.15) is 5.10 Å². The maximum Gasteiger partial charge on any atom is 0.329 e. The summed E-state index contributed by atoms with van der Waals surface area (Å²) in [4.78, 5) is 36.1. The van der Waals surface area contributed by atoms with Crippen LogP contribution in [0.3, 0.4) is 0 Å². The maximum atomic E-state index is 12.1. The summed E-state index contributed by atoms with van der Waals surface area (Å²) in [6.45, 7) is 5.61. The van der Waals surface area contributed by atoms with Crippen LogP contribution >= 0.6 is 11.6 Å². The number of carbonyl (C=O) groups excluding carboxylic acids is 3. The van der Waals surface area contributed by atoms with Gasteiger partial charge in [-0.25, -0.2) is 5.43 Å². The molecule has 9 heteroatoms. The molecule has 0 aliphatic carbocycles. The number of ether oxygens (including phenoxy) is 1. The number of nitrogens with zero attached hydrogens (tertiary/aromatic N) is 1. The average molecular weight is 493 g/mol. The Morgan fingerprint density at radius 1 is 0.857 bits per heavy atom. The number of carbonyl (C=O) groups is 3. The van der Waals surface area contributed by atoms with Gasteiger partial charge in [-0.05, 0) is 79.9 Å². The predicted octanol–water partition coefficient (Wildman–Crippen LogP) is 4.37. The van der Waals surface area contributed by atoms with Crippen molar-refractivity contribution in [1.82, 2.24) is 5.43 Å². The normalized spacial score (nSPS) is 10.6. The van der Waals surface area contributed by atoms with Crippen molar-refractivity contribution in [2.24, 2.45) is 5.10 Å². The third kappa shape index (κ3) is 7.68. The molecule has 3 aromatic rings. The van der Waals surface area contributed by atoms with Gasteiger partial charge in [0.15, 0.2) is 6.61 Å². The Morgan fingerprint density at radius 3 is 2.26 bits per heavy atom. The van der Waals surface area contributed by atoms with E-state index in [-0.39, 0.29) is 17.5 Å². The molecule has 3 N–H and O–H groups in total. The molecule has 3 rings (SSSR count). The number of hydrogen-bond donors (Lipinski definition) is 3. The fraction of sp³-hybridized carbons (Fsp3) is 0.154. The zero-order valence-corrected chi connectivity index (χ0v) is 20.3. The van der Waals surface area contributed by atoms with Crippen LogP contribution in [0, 0.1) is 20.8 Å². The minimum absolute atomic E-state index is 0.216. The number of nitrogens with one attached hydrogen (secondary N) is 3. The number of anilines is 2. The topological polar surface area (TPSA) is 109 Å². The van der Waals surface area contributed by atoms with Gasteiger partial charge in [0.25, 0.3) is 5.91 Å². The number of amides is 3. The summed E-state index contributed by atoms with van der Waals surface area (Å²) in [5.74, 6) is -1.75. The molecule has 0 aliphatic rings. The van der Waals surface area contributed by atoms with Crippen molar-refractivity contribution in [1.29, 1.82) is 0 Å². The van der Waals surface area contributed by atoms with Crippen LogP contribution in [0.2, 0.25) is 5.02 Å². The molecule has 0 bridgehead atoms. The fourth-order valence-electron chi connectivity index (χ4n) is 2.91. The van der Waals surface area contributed by atoms with Gasteiger partial charge in [-0.3, -0.25) is 14.4 Å². The molecule has 0 spiro atoms. The molecule has 3 amide bonds. The molecule has 0 radical (unpaired) electrons. The van der Waals surface area contributed by atoms with Crippen molar-refractivity contribution in [3.05, 3.63) is 87.9 Å². The van der Waals surface area contributed by atoms with Gasteiger partial charge < -0.3 is 15.4 Å². The summed E-state index contributed by atoms with van der Waals surface area (Å²) >= 11 is 6.23. The number of aryl methyl sites for hydroxylation is 3. The van der Waals surface area contributed by atoms with Crippen molar-refractivity contribution in [3.8, 4) is 5.75 Å². The molecule has 8 nitrogen and oxygen atoms in total. The third-order valence-corrected chi connectivity index (χ3v) is 5.30. The van der Waals surface area contributed by atoms with Crippen molar-refractivity contribution >= 4 is 46.9 Å². The van der Waals surface area contributed by atoms with Crippen LogP contribution < -0.4 is 20.8 Å². The molecule has 180 valence electrons. The summed E-state index contributed by atoms with van der Waals surface area (Å²) in [7, 11) is 0.